The molecule has 80 valence electrons. The van der Waals surface area contributed by atoms with E-state index in [2.05, 4.69) is 10.2 Å². The number of rotatable bonds is 2. The molecule has 0 aromatic heterocycles. The minimum atomic E-state index is 0.0354. The summed E-state index contributed by atoms with van der Waals surface area (Å²) in [6.07, 6.45) is 0.452. The zero-order valence-electron chi connectivity index (χ0n) is 8.89. The highest BCUT2D eigenvalue weighted by molar-refractivity contribution is 6.00. The summed E-state index contributed by atoms with van der Waals surface area (Å²) in [5.41, 5.74) is 5.20. The van der Waals surface area contributed by atoms with E-state index in [1.54, 1.807) is 0 Å². The van der Waals surface area contributed by atoms with Crippen LogP contribution in [0.5, 0.6) is 0 Å². The van der Waals surface area contributed by atoms with Gasteiger partial charge in [0.2, 0.25) is 5.91 Å². The smallest absolute Gasteiger partial charge is 0.228 e. The molecule has 1 amide bonds. The summed E-state index contributed by atoms with van der Waals surface area (Å²) in [5.74, 6) is 5.13. The second-order valence-electron chi connectivity index (χ2n) is 3.87. The number of hydrogen-bond donors (Lipinski definition) is 2. The van der Waals surface area contributed by atoms with Crippen LogP contribution in [0.3, 0.4) is 0 Å². The quantitative estimate of drug-likeness (QED) is 0.714. The minimum absolute atomic E-state index is 0.0354. The number of carbonyl (C=O) groups excluding carboxylic acids is 1. The number of anilines is 1. The molecule has 1 aromatic carbocycles. The van der Waals surface area contributed by atoms with E-state index in [4.69, 9.17) is 5.90 Å². The van der Waals surface area contributed by atoms with Gasteiger partial charge in [0.1, 0.15) is 0 Å². The Morgan fingerprint density at radius 1 is 1.53 bits per heavy atom. The molecule has 1 heterocycles. The highest BCUT2D eigenvalue weighted by Crippen LogP contribution is 2.32. The third-order valence-electron chi connectivity index (χ3n) is 2.90. The number of amides is 1. The molecule has 0 bridgehead atoms. The third kappa shape index (κ3) is 1.62. The topological polar surface area (TPSA) is 64.3 Å². The van der Waals surface area contributed by atoms with Gasteiger partial charge in [-0.2, -0.15) is 0 Å². The summed E-state index contributed by atoms with van der Waals surface area (Å²) in [4.78, 5) is 16.0. The lowest BCUT2D eigenvalue weighted by atomic mass is 9.98. The van der Waals surface area contributed by atoms with Crippen LogP contribution in [0.15, 0.2) is 6.07 Å². The lowest BCUT2D eigenvalue weighted by molar-refractivity contribution is -0.115. The Morgan fingerprint density at radius 2 is 2.27 bits per heavy atom. The van der Waals surface area contributed by atoms with Gasteiger partial charge in [0.15, 0.2) is 0 Å². The Hall–Kier alpha value is -1.39. The summed E-state index contributed by atoms with van der Waals surface area (Å²) >= 11 is 0. The van der Waals surface area contributed by atoms with Gasteiger partial charge in [-0.05, 0) is 30.5 Å². The van der Waals surface area contributed by atoms with Gasteiger partial charge in [-0.1, -0.05) is 6.07 Å². The molecule has 0 radical (unpaired) electrons. The molecule has 1 aromatic rings. The van der Waals surface area contributed by atoms with Crippen LogP contribution in [-0.4, -0.2) is 5.91 Å². The van der Waals surface area contributed by atoms with E-state index in [0.717, 1.165) is 27.9 Å². The first kappa shape index (κ1) is 10.1. The highest BCUT2D eigenvalue weighted by Gasteiger charge is 2.22. The first-order valence-corrected chi connectivity index (χ1v) is 4.87. The van der Waals surface area contributed by atoms with Crippen molar-refractivity contribution in [3.8, 4) is 0 Å². The Morgan fingerprint density at radius 3 is 2.93 bits per heavy atom. The molecule has 0 unspecified atom stereocenters. The minimum Gasteiger partial charge on any atom is -0.325 e. The molecule has 0 fully saturated rings. The van der Waals surface area contributed by atoms with E-state index < -0.39 is 0 Å². The van der Waals surface area contributed by atoms with Gasteiger partial charge in [-0.3, -0.25) is 9.63 Å². The van der Waals surface area contributed by atoms with Crippen LogP contribution in [0.4, 0.5) is 5.69 Å². The van der Waals surface area contributed by atoms with Crippen LogP contribution in [0.1, 0.15) is 22.3 Å². The van der Waals surface area contributed by atoms with E-state index in [0.29, 0.717) is 13.0 Å². The van der Waals surface area contributed by atoms with E-state index in [9.17, 15) is 4.79 Å². The summed E-state index contributed by atoms with van der Waals surface area (Å²) in [6.45, 7) is 4.36. The Labute approximate surface area is 88.4 Å². The Bertz CT molecular complexity index is 427. The summed E-state index contributed by atoms with van der Waals surface area (Å²) in [6, 6.07) is 2.04. The zero-order valence-corrected chi connectivity index (χ0v) is 8.89. The van der Waals surface area contributed by atoms with Crippen LogP contribution < -0.4 is 11.2 Å². The molecule has 0 spiro atoms. The van der Waals surface area contributed by atoms with Crippen molar-refractivity contribution < 1.29 is 9.63 Å². The zero-order chi connectivity index (χ0) is 11.0. The van der Waals surface area contributed by atoms with E-state index >= 15 is 0 Å². The first-order valence-electron chi connectivity index (χ1n) is 4.87. The fourth-order valence-electron chi connectivity index (χ4n) is 1.98. The molecule has 3 N–H and O–H groups in total. The van der Waals surface area contributed by atoms with Crippen molar-refractivity contribution in [2.75, 3.05) is 5.32 Å². The fourth-order valence-corrected chi connectivity index (χ4v) is 1.98. The fraction of sp³-hybridized carbons (Fsp3) is 0.364. The van der Waals surface area contributed by atoms with Gasteiger partial charge in [-0.25, -0.2) is 5.90 Å². The number of benzene rings is 1. The number of nitrogens with two attached hydrogens (primary N) is 1. The van der Waals surface area contributed by atoms with E-state index in [-0.39, 0.29) is 5.91 Å². The average molecular weight is 206 g/mol. The molecular weight excluding hydrogens is 192 g/mol. The SMILES string of the molecule is Cc1cc2c(c(CON)c1C)NC(=O)C2. The lowest BCUT2D eigenvalue weighted by Gasteiger charge is -2.13. The molecule has 1 aliphatic rings. The maximum Gasteiger partial charge on any atom is 0.228 e. The number of aryl methyl sites for hydroxylation is 1. The van der Waals surface area contributed by atoms with Crippen molar-refractivity contribution in [3.63, 3.8) is 0 Å². The van der Waals surface area contributed by atoms with Gasteiger partial charge < -0.3 is 5.32 Å². The lowest BCUT2D eigenvalue weighted by Crippen LogP contribution is -2.08. The molecule has 4 nitrogen and oxygen atoms in total. The van der Waals surface area contributed by atoms with Crippen molar-refractivity contribution in [2.24, 2.45) is 5.90 Å². The number of carbonyl (C=O) groups is 1. The van der Waals surface area contributed by atoms with E-state index in [1.807, 2.05) is 19.9 Å². The van der Waals surface area contributed by atoms with Gasteiger partial charge in [0, 0.05) is 5.56 Å². The normalized spacial score (nSPS) is 13.9. The second-order valence-corrected chi connectivity index (χ2v) is 3.87. The summed E-state index contributed by atoms with van der Waals surface area (Å²) in [7, 11) is 0. The first-order chi connectivity index (χ1) is 7.13. The summed E-state index contributed by atoms with van der Waals surface area (Å²) < 4.78 is 0. The monoisotopic (exact) mass is 206 g/mol. The van der Waals surface area contributed by atoms with Crippen molar-refractivity contribution in [1.29, 1.82) is 0 Å². The molecule has 0 atom stereocenters. The molecule has 0 saturated heterocycles. The number of nitrogens with one attached hydrogen (secondary N) is 1. The van der Waals surface area contributed by atoms with Crippen LogP contribution in [0.25, 0.3) is 0 Å². The van der Waals surface area contributed by atoms with Crippen molar-refractivity contribution in [3.05, 3.63) is 28.3 Å². The van der Waals surface area contributed by atoms with Crippen molar-refractivity contribution >= 4 is 11.6 Å². The van der Waals surface area contributed by atoms with Gasteiger partial charge >= 0.3 is 0 Å². The predicted octanol–water partition coefficient (Wildman–Crippen LogP) is 1.19. The third-order valence-corrected chi connectivity index (χ3v) is 2.90. The van der Waals surface area contributed by atoms with E-state index in [1.165, 1.54) is 0 Å². The van der Waals surface area contributed by atoms with Crippen LogP contribution in [0, 0.1) is 13.8 Å². The van der Waals surface area contributed by atoms with Crippen LogP contribution in [0.2, 0.25) is 0 Å². The van der Waals surface area contributed by atoms with Crippen LogP contribution >= 0.6 is 0 Å². The van der Waals surface area contributed by atoms with Crippen LogP contribution in [-0.2, 0) is 22.7 Å². The molecule has 2 rings (SSSR count). The number of hydrogen-bond acceptors (Lipinski definition) is 3. The standard InChI is InChI=1S/C11H14N2O2/c1-6-3-8-4-10(14)13-11(8)9(5-15-12)7(6)2/h3H,4-5,12H2,1-2H3,(H,13,14). The van der Waals surface area contributed by atoms with Gasteiger partial charge in [-0.15, -0.1) is 0 Å². The van der Waals surface area contributed by atoms with Gasteiger partial charge in [0.25, 0.3) is 0 Å². The maximum absolute atomic E-state index is 11.3. The average Bonchev–Trinajstić information content (AvgIpc) is 2.53. The largest absolute Gasteiger partial charge is 0.325 e. The molecule has 1 aliphatic heterocycles. The molecule has 4 heteroatoms. The number of fused-ring (bicyclic) bond motifs is 1. The Kier molecular flexibility index (Phi) is 2.46. The summed E-state index contributed by atoms with van der Waals surface area (Å²) in [5, 5.41) is 2.84. The molecule has 0 saturated carbocycles. The predicted molar refractivity (Wildman–Crippen MR) is 57.2 cm³/mol. The molecule has 0 aliphatic carbocycles. The second kappa shape index (κ2) is 3.64. The maximum atomic E-state index is 11.3. The highest BCUT2D eigenvalue weighted by atomic mass is 16.6. The van der Waals surface area contributed by atoms with Gasteiger partial charge in [0.05, 0.1) is 18.7 Å². The van der Waals surface area contributed by atoms with Crippen molar-refractivity contribution in [2.45, 2.75) is 26.9 Å². The molecule has 15 heavy (non-hydrogen) atoms. The molecular formula is C11H14N2O2. The Balaban J connectivity index is 2.56. The van der Waals surface area contributed by atoms with Crippen molar-refractivity contribution in [1.82, 2.24) is 0 Å².